The lowest BCUT2D eigenvalue weighted by molar-refractivity contribution is 0.0304. The monoisotopic (exact) mass is 353 g/mol. The quantitative estimate of drug-likeness (QED) is 0.750. The maximum absolute atomic E-state index is 12.8. The predicted octanol–water partition coefficient (Wildman–Crippen LogP) is 1.50. The number of nitrogens with zero attached hydrogens (tertiary/aromatic N) is 5. The maximum Gasteiger partial charge on any atom is 0.309 e. The molecule has 2 fully saturated rings. The van der Waals surface area contributed by atoms with Crippen molar-refractivity contribution in [3.05, 3.63) is 42.8 Å². The summed E-state index contributed by atoms with van der Waals surface area (Å²) in [6.45, 7) is 1.28. The molecule has 1 saturated carbocycles. The minimum Gasteiger partial charge on any atom is -0.432 e. The van der Waals surface area contributed by atoms with Crippen LogP contribution in [-0.4, -0.2) is 54.9 Å². The number of rotatable bonds is 2. The Labute approximate surface area is 149 Å². The highest BCUT2D eigenvalue weighted by molar-refractivity contribution is 5.92. The van der Waals surface area contributed by atoms with Gasteiger partial charge in [-0.15, -0.1) is 0 Å². The van der Waals surface area contributed by atoms with Crippen LogP contribution >= 0.6 is 0 Å². The number of aliphatic hydroxyl groups excluding tert-OH is 1. The maximum atomic E-state index is 12.8. The lowest BCUT2D eigenvalue weighted by atomic mass is 9.77. The summed E-state index contributed by atoms with van der Waals surface area (Å²) in [6.07, 6.45) is 4.09. The molecule has 0 unspecified atom stereocenters. The second kappa shape index (κ2) is 5.91. The van der Waals surface area contributed by atoms with E-state index in [4.69, 9.17) is 4.42 Å². The summed E-state index contributed by atoms with van der Waals surface area (Å²) in [7, 11) is 0. The van der Waals surface area contributed by atoms with Crippen LogP contribution in [0.3, 0.4) is 0 Å². The van der Waals surface area contributed by atoms with Crippen molar-refractivity contribution in [2.24, 2.45) is 11.8 Å². The summed E-state index contributed by atoms with van der Waals surface area (Å²) in [4.78, 5) is 22.9. The summed E-state index contributed by atoms with van der Waals surface area (Å²) in [5.74, 6) is 0.583. The molecule has 0 bridgehead atoms. The Kier molecular flexibility index (Phi) is 3.53. The number of hydrogen-bond acceptors (Lipinski definition) is 6. The Bertz CT molecular complexity index is 904. The van der Waals surface area contributed by atoms with Crippen molar-refractivity contribution < 1.29 is 14.3 Å². The van der Waals surface area contributed by atoms with Crippen molar-refractivity contribution in [3.8, 4) is 0 Å². The Morgan fingerprint density at radius 3 is 2.77 bits per heavy atom. The number of carbonyl (C=O) groups excluding carboxylic acids is 1. The molecule has 1 aliphatic carbocycles. The molecule has 4 atom stereocenters. The Morgan fingerprint density at radius 2 is 2.00 bits per heavy atom. The van der Waals surface area contributed by atoms with E-state index in [1.807, 2.05) is 24.3 Å². The second-order valence-electron chi connectivity index (χ2n) is 7.20. The molecule has 26 heavy (non-hydrogen) atoms. The van der Waals surface area contributed by atoms with E-state index in [1.54, 1.807) is 15.9 Å². The molecule has 8 heteroatoms. The number of likely N-dealkylation sites (tertiary alicyclic amines) is 1. The smallest absolute Gasteiger partial charge is 0.309 e. The number of oxazole rings is 1. The molecule has 1 saturated heterocycles. The molecule has 5 rings (SSSR count). The van der Waals surface area contributed by atoms with Crippen LogP contribution in [0.5, 0.6) is 0 Å². The fraction of sp³-hybridized carbons (Fsp3) is 0.444. The molecule has 2 aliphatic rings. The van der Waals surface area contributed by atoms with Crippen LogP contribution in [0.25, 0.3) is 11.1 Å². The zero-order valence-corrected chi connectivity index (χ0v) is 14.1. The van der Waals surface area contributed by atoms with E-state index in [-0.39, 0.29) is 23.8 Å². The van der Waals surface area contributed by atoms with Gasteiger partial charge >= 0.3 is 5.91 Å². The van der Waals surface area contributed by atoms with Gasteiger partial charge < -0.3 is 14.4 Å². The Balaban J connectivity index is 1.34. The van der Waals surface area contributed by atoms with Gasteiger partial charge in [-0.2, -0.15) is 5.10 Å². The number of amides is 1. The lowest BCUT2D eigenvalue weighted by Crippen LogP contribution is -2.36. The Hall–Kier alpha value is -2.74. The largest absolute Gasteiger partial charge is 0.432 e. The number of benzene rings is 1. The summed E-state index contributed by atoms with van der Waals surface area (Å²) in [5.41, 5.74) is 1.31. The van der Waals surface area contributed by atoms with Gasteiger partial charge in [0.25, 0.3) is 5.89 Å². The third-order valence-corrected chi connectivity index (χ3v) is 5.65. The molecule has 0 radical (unpaired) electrons. The van der Waals surface area contributed by atoms with Crippen LogP contribution in [0.2, 0.25) is 0 Å². The van der Waals surface area contributed by atoms with Crippen molar-refractivity contribution in [2.45, 2.75) is 25.0 Å². The van der Waals surface area contributed by atoms with Crippen molar-refractivity contribution in [3.63, 3.8) is 0 Å². The molecular weight excluding hydrogens is 334 g/mol. The number of hydrogen-bond donors (Lipinski definition) is 1. The zero-order chi connectivity index (χ0) is 17.7. The molecular formula is C18H19N5O3. The highest BCUT2D eigenvalue weighted by Gasteiger charge is 2.44. The second-order valence-corrected chi connectivity index (χ2v) is 7.20. The van der Waals surface area contributed by atoms with Gasteiger partial charge in [0.2, 0.25) is 0 Å². The number of fused-ring (bicyclic) bond motifs is 2. The van der Waals surface area contributed by atoms with E-state index < -0.39 is 6.10 Å². The highest BCUT2D eigenvalue weighted by atomic mass is 16.4. The van der Waals surface area contributed by atoms with Gasteiger partial charge in [-0.3, -0.25) is 4.79 Å². The molecule has 1 aromatic carbocycles. The first-order chi connectivity index (χ1) is 12.7. The van der Waals surface area contributed by atoms with Crippen LogP contribution < -0.4 is 0 Å². The number of aromatic nitrogens is 4. The standard InChI is InChI=1S/C18H19N5O3/c24-15-6-12-8-22(7-11(12)5-14(15)23-10-19-9-20-23)18(25)17-21-13-3-1-2-4-16(13)26-17/h1-4,9-12,14-15,24H,5-8H2/t11-,12+,14-,15-/m1/s1. The first kappa shape index (κ1) is 15.5. The molecule has 134 valence electrons. The molecule has 3 heterocycles. The molecule has 1 aliphatic heterocycles. The van der Waals surface area contributed by atoms with Crippen LogP contribution in [0.15, 0.2) is 41.3 Å². The summed E-state index contributed by atoms with van der Waals surface area (Å²) >= 11 is 0. The lowest BCUT2D eigenvalue weighted by Gasteiger charge is -2.34. The fourth-order valence-corrected chi connectivity index (χ4v) is 4.35. The van der Waals surface area contributed by atoms with Gasteiger partial charge in [-0.25, -0.2) is 14.6 Å². The normalized spacial score (nSPS) is 28.4. The van der Waals surface area contributed by atoms with Gasteiger partial charge in [0.05, 0.1) is 12.1 Å². The zero-order valence-electron chi connectivity index (χ0n) is 14.1. The number of para-hydroxylation sites is 2. The molecule has 1 amide bonds. The molecule has 2 aromatic heterocycles. The van der Waals surface area contributed by atoms with E-state index >= 15 is 0 Å². The van der Waals surface area contributed by atoms with Gasteiger partial charge in [-0.1, -0.05) is 12.1 Å². The van der Waals surface area contributed by atoms with Crippen LogP contribution in [0.4, 0.5) is 0 Å². The van der Waals surface area contributed by atoms with Crippen LogP contribution in [0, 0.1) is 11.8 Å². The van der Waals surface area contributed by atoms with E-state index in [0.29, 0.717) is 36.5 Å². The molecule has 8 nitrogen and oxygen atoms in total. The van der Waals surface area contributed by atoms with Gasteiger partial charge in [-0.05, 0) is 36.8 Å². The first-order valence-corrected chi connectivity index (χ1v) is 8.86. The van der Waals surface area contributed by atoms with Crippen molar-refractivity contribution in [1.82, 2.24) is 24.6 Å². The highest BCUT2D eigenvalue weighted by Crippen LogP contribution is 2.41. The van der Waals surface area contributed by atoms with E-state index in [2.05, 4.69) is 15.1 Å². The van der Waals surface area contributed by atoms with Gasteiger partial charge in [0, 0.05) is 13.1 Å². The van der Waals surface area contributed by atoms with Gasteiger partial charge in [0.15, 0.2) is 5.58 Å². The summed E-state index contributed by atoms with van der Waals surface area (Å²) in [6, 6.07) is 7.28. The van der Waals surface area contributed by atoms with Crippen molar-refractivity contribution in [2.75, 3.05) is 13.1 Å². The van der Waals surface area contributed by atoms with Crippen molar-refractivity contribution >= 4 is 17.0 Å². The van der Waals surface area contributed by atoms with Crippen LogP contribution in [-0.2, 0) is 0 Å². The van der Waals surface area contributed by atoms with E-state index in [9.17, 15) is 9.90 Å². The molecule has 0 spiro atoms. The topological polar surface area (TPSA) is 97.3 Å². The van der Waals surface area contributed by atoms with Gasteiger partial charge in [0.1, 0.15) is 18.2 Å². The first-order valence-electron chi connectivity index (χ1n) is 8.86. The molecule has 1 N–H and O–H groups in total. The van der Waals surface area contributed by atoms with Crippen molar-refractivity contribution in [1.29, 1.82) is 0 Å². The minimum atomic E-state index is -0.475. The summed E-state index contributed by atoms with van der Waals surface area (Å²) in [5, 5.41) is 14.7. The predicted molar refractivity (Wildman–Crippen MR) is 91.2 cm³/mol. The fourth-order valence-electron chi connectivity index (χ4n) is 4.35. The average molecular weight is 353 g/mol. The minimum absolute atomic E-state index is 0.0851. The SMILES string of the molecule is O=C(c1nc2ccccc2o1)N1C[C@H]2C[C@@H](n3cncn3)[C@H](O)C[C@H]2C1. The third kappa shape index (κ3) is 2.48. The average Bonchev–Trinajstić information content (AvgIpc) is 3.38. The Morgan fingerprint density at radius 1 is 1.19 bits per heavy atom. The molecule has 3 aromatic rings. The third-order valence-electron chi connectivity index (χ3n) is 5.65. The number of carbonyl (C=O) groups is 1. The summed E-state index contributed by atoms with van der Waals surface area (Å²) < 4.78 is 7.35. The van der Waals surface area contributed by atoms with E-state index in [0.717, 1.165) is 6.42 Å². The van der Waals surface area contributed by atoms with E-state index in [1.165, 1.54) is 6.33 Å². The van der Waals surface area contributed by atoms with Crippen LogP contribution in [0.1, 0.15) is 29.6 Å². The number of aliphatic hydroxyl groups is 1.